The van der Waals surface area contributed by atoms with Crippen LogP contribution in [0.5, 0.6) is 0 Å². The monoisotopic (exact) mass is 386 g/mol. The molecule has 1 atom stereocenters. The number of halogens is 2. The maximum Gasteiger partial charge on any atom is 0.132 e. The van der Waals surface area contributed by atoms with Crippen molar-refractivity contribution < 1.29 is 0 Å². The van der Waals surface area contributed by atoms with Gasteiger partial charge in [-0.25, -0.2) is 4.98 Å². The summed E-state index contributed by atoms with van der Waals surface area (Å²) in [5.74, 6) is 0.986. The maximum absolute atomic E-state index is 4.50. The quantitative estimate of drug-likeness (QED) is 0.853. The van der Waals surface area contributed by atoms with Gasteiger partial charge in [0.15, 0.2) is 0 Å². The third-order valence-corrected chi connectivity index (χ3v) is 3.94. The fourth-order valence-corrected chi connectivity index (χ4v) is 3.25. The molecule has 1 unspecified atom stereocenters. The molecule has 1 N–H and O–H groups in total. The van der Waals surface area contributed by atoms with E-state index in [0.717, 1.165) is 33.4 Å². The molecule has 2 aromatic heterocycles. The highest BCUT2D eigenvalue weighted by molar-refractivity contribution is 9.11. The van der Waals surface area contributed by atoms with Gasteiger partial charge in [-0.05, 0) is 51.4 Å². The summed E-state index contributed by atoms with van der Waals surface area (Å²) >= 11 is 6.99. The van der Waals surface area contributed by atoms with Crippen LogP contribution in [-0.4, -0.2) is 21.6 Å². The Hall–Kier alpha value is -0.720. The molecule has 0 aromatic carbocycles. The number of nitrogens with zero attached hydrogens (tertiary/aromatic N) is 3. The number of aromatic nitrogens is 3. The summed E-state index contributed by atoms with van der Waals surface area (Å²) < 4.78 is 4.08. The van der Waals surface area contributed by atoms with Crippen molar-refractivity contribution in [3.8, 4) is 0 Å². The van der Waals surface area contributed by atoms with Crippen LogP contribution in [0.4, 0.5) is 0 Å². The second kappa shape index (κ2) is 6.63. The smallest absolute Gasteiger partial charge is 0.132 e. The van der Waals surface area contributed by atoms with Crippen LogP contribution in [0.1, 0.15) is 30.9 Å². The van der Waals surface area contributed by atoms with Crippen molar-refractivity contribution in [1.29, 1.82) is 0 Å². The zero-order chi connectivity index (χ0) is 13.8. The van der Waals surface area contributed by atoms with Crippen LogP contribution in [0.2, 0.25) is 0 Å². The van der Waals surface area contributed by atoms with Crippen molar-refractivity contribution in [3.63, 3.8) is 0 Å². The van der Waals surface area contributed by atoms with Crippen LogP contribution in [-0.2, 0) is 6.54 Å². The van der Waals surface area contributed by atoms with Crippen LogP contribution >= 0.6 is 31.9 Å². The van der Waals surface area contributed by atoms with E-state index in [0.29, 0.717) is 0 Å². The van der Waals surface area contributed by atoms with Crippen molar-refractivity contribution in [2.24, 2.45) is 0 Å². The van der Waals surface area contributed by atoms with Gasteiger partial charge in [0.25, 0.3) is 0 Å². The van der Waals surface area contributed by atoms with E-state index in [2.05, 4.69) is 58.6 Å². The summed E-state index contributed by atoms with van der Waals surface area (Å²) in [4.78, 5) is 8.97. The Morgan fingerprint density at radius 2 is 2.16 bits per heavy atom. The number of imidazole rings is 1. The first kappa shape index (κ1) is 14.7. The largest absolute Gasteiger partial charge is 0.333 e. The summed E-state index contributed by atoms with van der Waals surface area (Å²) in [6, 6.07) is 1.98. The first-order chi connectivity index (χ1) is 9.17. The molecule has 0 saturated carbocycles. The SMILES string of the molecule is CCCn1ccnc1C(NC)c1ncc(Br)cc1Br. The molecule has 4 nitrogen and oxygen atoms in total. The Bertz CT molecular complexity index is 553. The molecule has 0 bridgehead atoms. The van der Waals surface area contributed by atoms with Crippen LogP contribution in [0.15, 0.2) is 33.6 Å². The number of rotatable bonds is 5. The van der Waals surface area contributed by atoms with E-state index in [4.69, 9.17) is 0 Å². The molecule has 0 spiro atoms. The molecule has 0 aliphatic rings. The van der Waals surface area contributed by atoms with Crippen molar-refractivity contribution in [1.82, 2.24) is 19.9 Å². The van der Waals surface area contributed by atoms with E-state index >= 15 is 0 Å². The highest BCUT2D eigenvalue weighted by atomic mass is 79.9. The minimum atomic E-state index is -0.0241. The summed E-state index contributed by atoms with van der Waals surface area (Å²) in [6.07, 6.45) is 6.73. The first-order valence-electron chi connectivity index (χ1n) is 6.16. The molecule has 102 valence electrons. The Labute approximate surface area is 129 Å². The summed E-state index contributed by atoms with van der Waals surface area (Å²) in [7, 11) is 1.92. The number of pyridine rings is 1. The maximum atomic E-state index is 4.50. The van der Waals surface area contributed by atoms with E-state index < -0.39 is 0 Å². The zero-order valence-corrected chi connectivity index (χ0v) is 14.1. The molecule has 2 heterocycles. The lowest BCUT2D eigenvalue weighted by Gasteiger charge is -2.18. The highest BCUT2D eigenvalue weighted by Gasteiger charge is 2.21. The molecule has 19 heavy (non-hydrogen) atoms. The van der Waals surface area contributed by atoms with Gasteiger partial charge in [0.05, 0.1) is 5.69 Å². The number of nitrogens with one attached hydrogen (secondary N) is 1. The molecule has 2 rings (SSSR count). The van der Waals surface area contributed by atoms with Gasteiger partial charge in [0.2, 0.25) is 0 Å². The summed E-state index contributed by atoms with van der Waals surface area (Å²) in [5, 5.41) is 3.29. The van der Waals surface area contributed by atoms with E-state index in [-0.39, 0.29) is 6.04 Å². The minimum Gasteiger partial charge on any atom is -0.333 e. The minimum absolute atomic E-state index is 0.0241. The number of hydrogen-bond acceptors (Lipinski definition) is 3. The lowest BCUT2D eigenvalue weighted by molar-refractivity contribution is 0.558. The van der Waals surface area contributed by atoms with Gasteiger partial charge < -0.3 is 9.88 Å². The fourth-order valence-electron chi connectivity index (χ4n) is 2.04. The van der Waals surface area contributed by atoms with Crippen LogP contribution in [0.3, 0.4) is 0 Å². The van der Waals surface area contributed by atoms with Crippen LogP contribution in [0, 0.1) is 0 Å². The van der Waals surface area contributed by atoms with Gasteiger partial charge >= 0.3 is 0 Å². The van der Waals surface area contributed by atoms with Crippen molar-refractivity contribution in [2.75, 3.05) is 7.05 Å². The number of aryl methyl sites for hydroxylation is 1. The Balaban J connectivity index is 2.41. The van der Waals surface area contributed by atoms with Gasteiger partial charge in [0.1, 0.15) is 11.9 Å². The van der Waals surface area contributed by atoms with Gasteiger partial charge in [-0.1, -0.05) is 6.92 Å². The summed E-state index contributed by atoms with van der Waals surface area (Å²) in [5.41, 5.74) is 0.939. The Morgan fingerprint density at radius 3 is 2.79 bits per heavy atom. The zero-order valence-electron chi connectivity index (χ0n) is 10.9. The second-order valence-electron chi connectivity index (χ2n) is 4.22. The second-order valence-corrected chi connectivity index (χ2v) is 5.99. The molecule has 0 amide bonds. The van der Waals surface area contributed by atoms with E-state index in [1.807, 2.05) is 25.5 Å². The highest BCUT2D eigenvalue weighted by Crippen LogP contribution is 2.28. The lowest BCUT2D eigenvalue weighted by atomic mass is 10.1. The standard InChI is InChI=1S/C13H16Br2N4/c1-3-5-19-6-4-17-13(19)12(16-2)11-10(15)7-9(14)8-18-11/h4,6-8,12,16H,3,5H2,1-2H3. The predicted molar refractivity (Wildman–Crippen MR) is 83.1 cm³/mol. The van der Waals surface area contributed by atoms with E-state index in [1.165, 1.54) is 0 Å². The topological polar surface area (TPSA) is 42.7 Å². The van der Waals surface area contributed by atoms with Crippen molar-refractivity contribution in [2.45, 2.75) is 25.9 Å². The van der Waals surface area contributed by atoms with Crippen LogP contribution in [0.25, 0.3) is 0 Å². The van der Waals surface area contributed by atoms with Crippen molar-refractivity contribution in [3.05, 3.63) is 45.1 Å². The number of hydrogen-bond donors (Lipinski definition) is 1. The van der Waals surface area contributed by atoms with Gasteiger partial charge in [0, 0.05) is 34.1 Å². The van der Waals surface area contributed by atoms with Crippen LogP contribution < -0.4 is 5.32 Å². The molecule has 2 aromatic rings. The molecular weight excluding hydrogens is 372 g/mol. The van der Waals surface area contributed by atoms with E-state index in [1.54, 1.807) is 6.20 Å². The van der Waals surface area contributed by atoms with Gasteiger partial charge in [-0.2, -0.15) is 0 Å². The predicted octanol–water partition coefficient (Wildman–Crippen LogP) is 3.52. The molecule has 6 heteroatoms. The normalized spacial score (nSPS) is 12.6. The Morgan fingerprint density at radius 1 is 1.37 bits per heavy atom. The third kappa shape index (κ3) is 3.24. The first-order valence-corrected chi connectivity index (χ1v) is 7.75. The fraction of sp³-hybridized carbons (Fsp3) is 0.385. The molecule has 0 saturated heterocycles. The lowest BCUT2D eigenvalue weighted by Crippen LogP contribution is -2.23. The van der Waals surface area contributed by atoms with Gasteiger partial charge in [-0.15, -0.1) is 0 Å². The molecule has 0 aliphatic carbocycles. The molecular formula is C13H16Br2N4. The van der Waals surface area contributed by atoms with Crippen molar-refractivity contribution >= 4 is 31.9 Å². The average Bonchev–Trinajstić information content (AvgIpc) is 2.82. The summed E-state index contributed by atoms with van der Waals surface area (Å²) in [6.45, 7) is 3.12. The molecule has 0 fully saturated rings. The van der Waals surface area contributed by atoms with Gasteiger partial charge in [-0.3, -0.25) is 4.98 Å². The molecule has 0 radical (unpaired) electrons. The average molecular weight is 388 g/mol. The third-order valence-electron chi connectivity index (χ3n) is 2.87. The van der Waals surface area contributed by atoms with E-state index in [9.17, 15) is 0 Å². The Kier molecular flexibility index (Phi) is 5.13. The molecule has 0 aliphatic heterocycles.